The Morgan fingerprint density at radius 2 is 2.05 bits per heavy atom. The maximum atomic E-state index is 10.9. The number of hydrogen-bond donors (Lipinski definition) is 1. The van der Waals surface area contributed by atoms with E-state index in [1.54, 1.807) is 4.90 Å². The normalized spacial score (nSPS) is 21.8. The standard InChI is InChI=1S/C17H23NO2/c1-13-3-2-4-15(9-13)10-14-5-7-17(8-6-14)11-18(12-17)16(19)20/h2-4,9,14H,5-8,10-12H2,1H3,(H,19,20). The molecule has 3 heteroatoms. The van der Waals surface area contributed by atoms with Gasteiger partial charge in [0, 0.05) is 18.5 Å². The van der Waals surface area contributed by atoms with Crippen LogP contribution in [-0.2, 0) is 6.42 Å². The first kappa shape index (κ1) is 13.5. The molecule has 1 aliphatic carbocycles. The van der Waals surface area contributed by atoms with Gasteiger partial charge in [0.1, 0.15) is 0 Å². The third kappa shape index (κ3) is 2.67. The van der Waals surface area contributed by atoms with Crippen molar-refractivity contribution in [3.63, 3.8) is 0 Å². The molecule has 0 atom stereocenters. The van der Waals surface area contributed by atoms with Crippen molar-refractivity contribution in [2.75, 3.05) is 13.1 Å². The Labute approximate surface area is 120 Å². The highest BCUT2D eigenvalue weighted by molar-refractivity contribution is 5.66. The third-order valence-corrected chi connectivity index (χ3v) is 5.10. The first-order chi connectivity index (χ1) is 9.56. The molecule has 1 aromatic carbocycles. The molecular weight excluding hydrogens is 250 g/mol. The lowest BCUT2D eigenvalue weighted by Crippen LogP contribution is -2.59. The third-order valence-electron chi connectivity index (χ3n) is 5.10. The molecule has 2 fully saturated rings. The molecule has 3 nitrogen and oxygen atoms in total. The van der Waals surface area contributed by atoms with E-state index < -0.39 is 6.09 Å². The van der Waals surface area contributed by atoms with Gasteiger partial charge in [0.25, 0.3) is 0 Å². The van der Waals surface area contributed by atoms with Crippen molar-refractivity contribution >= 4 is 6.09 Å². The molecule has 1 amide bonds. The summed E-state index contributed by atoms with van der Waals surface area (Å²) in [6, 6.07) is 8.81. The quantitative estimate of drug-likeness (QED) is 0.892. The van der Waals surface area contributed by atoms with Gasteiger partial charge in [-0.3, -0.25) is 0 Å². The number of carbonyl (C=O) groups is 1. The van der Waals surface area contributed by atoms with Crippen LogP contribution in [0.4, 0.5) is 4.79 Å². The van der Waals surface area contributed by atoms with Crippen LogP contribution in [0.1, 0.15) is 36.8 Å². The Morgan fingerprint density at radius 3 is 2.65 bits per heavy atom. The zero-order chi connectivity index (χ0) is 14.2. The van der Waals surface area contributed by atoms with Gasteiger partial charge in [-0.05, 0) is 50.5 Å². The fourth-order valence-electron chi connectivity index (χ4n) is 3.88. The van der Waals surface area contributed by atoms with Crippen molar-refractivity contribution in [3.05, 3.63) is 35.4 Å². The first-order valence-electron chi connectivity index (χ1n) is 7.60. The zero-order valence-electron chi connectivity index (χ0n) is 12.1. The molecule has 0 aromatic heterocycles. The molecule has 1 saturated heterocycles. The smallest absolute Gasteiger partial charge is 0.407 e. The molecule has 1 aromatic rings. The summed E-state index contributed by atoms with van der Waals surface area (Å²) in [5.74, 6) is 0.779. The Morgan fingerprint density at radius 1 is 1.35 bits per heavy atom. The molecule has 20 heavy (non-hydrogen) atoms. The van der Waals surface area contributed by atoms with Gasteiger partial charge in [0.15, 0.2) is 0 Å². The lowest BCUT2D eigenvalue weighted by molar-refractivity contribution is -0.0249. The number of likely N-dealkylation sites (tertiary alicyclic amines) is 1. The van der Waals surface area contributed by atoms with Gasteiger partial charge in [-0.15, -0.1) is 0 Å². The Hall–Kier alpha value is -1.51. The Balaban J connectivity index is 1.51. The van der Waals surface area contributed by atoms with Gasteiger partial charge < -0.3 is 10.0 Å². The summed E-state index contributed by atoms with van der Waals surface area (Å²) in [7, 11) is 0. The highest BCUT2D eigenvalue weighted by Crippen LogP contribution is 2.46. The molecule has 0 unspecified atom stereocenters. The predicted octanol–water partition coefficient (Wildman–Crippen LogP) is 3.71. The fourth-order valence-corrected chi connectivity index (χ4v) is 3.88. The summed E-state index contributed by atoms with van der Waals surface area (Å²) in [5, 5.41) is 8.95. The molecule has 2 aliphatic rings. The molecular formula is C17H23NO2. The topological polar surface area (TPSA) is 40.5 Å². The van der Waals surface area contributed by atoms with Crippen LogP contribution in [0.2, 0.25) is 0 Å². The van der Waals surface area contributed by atoms with Gasteiger partial charge >= 0.3 is 6.09 Å². The summed E-state index contributed by atoms with van der Waals surface area (Å²) >= 11 is 0. The van der Waals surface area contributed by atoms with Gasteiger partial charge in [-0.2, -0.15) is 0 Å². The monoisotopic (exact) mass is 273 g/mol. The lowest BCUT2D eigenvalue weighted by atomic mass is 9.65. The SMILES string of the molecule is Cc1cccc(CC2CCC3(CC2)CN(C(=O)O)C3)c1. The number of aryl methyl sites for hydroxylation is 1. The average Bonchev–Trinajstić information content (AvgIpc) is 2.37. The van der Waals surface area contributed by atoms with E-state index in [9.17, 15) is 4.79 Å². The van der Waals surface area contributed by atoms with Crippen molar-refractivity contribution in [2.45, 2.75) is 39.0 Å². The number of carboxylic acid groups (broad SMARTS) is 1. The van der Waals surface area contributed by atoms with Gasteiger partial charge in [0.2, 0.25) is 0 Å². The van der Waals surface area contributed by atoms with E-state index in [0.29, 0.717) is 5.41 Å². The molecule has 1 N–H and O–H groups in total. The van der Waals surface area contributed by atoms with Crippen molar-refractivity contribution in [3.8, 4) is 0 Å². The highest BCUT2D eigenvalue weighted by Gasteiger charge is 2.46. The number of hydrogen-bond acceptors (Lipinski definition) is 1. The number of nitrogens with zero attached hydrogens (tertiary/aromatic N) is 1. The number of rotatable bonds is 2. The summed E-state index contributed by atoms with van der Waals surface area (Å²) in [6.45, 7) is 3.67. The van der Waals surface area contributed by atoms with Crippen LogP contribution < -0.4 is 0 Å². The molecule has 0 bridgehead atoms. The Kier molecular flexibility index (Phi) is 3.45. The van der Waals surface area contributed by atoms with Crippen LogP contribution in [0.25, 0.3) is 0 Å². The van der Waals surface area contributed by atoms with Crippen molar-refractivity contribution in [1.82, 2.24) is 4.90 Å². The van der Waals surface area contributed by atoms with Crippen LogP contribution >= 0.6 is 0 Å². The summed E-state index contributed by atoms with van der Waals surface area (Å²) in [4.78, 5) is 12.4. The lowest BCUT2D eigenvalue weighted by Gasteiger charge is -2.52. The summed E-state index contributed by atoms with van der Waals surface area (Å²) in [5.41, 5.74) is 3.11. The van der Waals surface area contributed by atoms with Crippen LogP contribution in [-0.4, -0.2) is 29.2 Å². The summed E-state index contributed by atoms with van der Waals surface area (Å²) < 4.78 is 0. The van der Waals surface area contributed by atoms with E-state index in [4.69, 9.17) is 5.11 Å². The van der Waals surface area contributed by atoms with E-state index in [1.165, 1.54) is 43.2 Å². The van der Waals surface area contributed by atoms with E-state index in [0.717, 1.165) is 19.0 Å². The van der Waals surface area contributed by atoms with E-state index in [2.05, 4.69) is 31.2 Å². The van der Waals surface area contributed by atoms with Crippen LogP contribution in [0.5, 0.6) is 0 Å². The molecule has 1 spiro atoms. The highest BCUT2D eigenvalue weighted by atomic mass is 16.4. The van der Waals surface area contributed by atoms with E-state index in [-0.39, 0.29) is 0 Å². The van der Waals surface area contributed by atoms with Gasteiger partial charge in [-0.25, -0.2) is 4.79 Å². The number of benzene rings is 1. The fraction of sp³-hybridized carbons (Fsp3) is 0.588. The zero-order valence-corrected chi connectivity index (χ0v) is 12.1. The Bertz CT molecular complexity index is 495. The van der Waals surface area contributed by atoms with E-state index in [1.807, 2.05) is 0 Å². The number of amides is 1. The molecule has 1 aliphatic heterocycles. The van der Waals surface area contributed by atoms with Crippen molar-refractivity contribution < 1.29 is 9.90 Å². The molecule has 0 radical (unpaired) electrons. The predicted molar refractivity (Wildman–Crippen MR) is 78.9 cm³/mol. The van der Waals surface area contributed by atoms with Crippen LogP contribution in [0, 0.1) is 18.3 Å². The van der Waals surface area contributed by atoms with Gasteiger partial charge in [0.05, 0.1) is 0 Å². The maximum Gasteiger partial charge on any atom is 0.407 e. The minimum atomic E-state index is -0.752. The van der Waals surface area contributed by atoms with Crippen molar-refractivity contribution in [1.29, 1.82) is 0 Å². The summed E-state index contributed by atoms with van der Waals surface area (Å²) in [6.07, 6.45) is 5.33. The molecule has 3 rings (SSSR count). The van der Waals surface area contributed by atoms with E-state index >= 15 is 0 Å². The van der Waals surface area contributed by atoms with Crippen molar-refractivity contribution in [2.24, 2.45) is 11.3 Å². The largest absolute Gasteiger partial charge is 0.465 e. The second-order valence-electron chi connectivity index (χ2n) is 6.78. The average molecular weight is 273 g/mol. The maximum absolute atomic E-state index is 10.9. The molecule has 108 valence electrons. The molecule has 1 saturated carbocycles. The van der Waals surface area contributed by atoms with Crippen LogP contribution in [0.15, 0.2) is 24.3 Å². The second kappa shape index (κ2) is 5.12. The molecule has 1 heterocycles. The van der Waals surface area contributed by atoms with Crippen LogP contribution in [0.3, 0.4) is 0 Å². The second-order valence-corrected chi connectivity index (χ2v) is 6.78. The minimum Gasteiger partial charge on any atom is -0.465 e. The first-order valence-corrected chi connectivity index (χ1v) is 7.60. The minimum absolute atomic E-state index is 0.321. The van der Waals surface area contributed by atoms with Gasteiger partial charge in [-0.1, -0.05) is 29.8 Å².